The van der Waals surface area contributed by atoms with Gasteiger partial charge in [-0.3, -0.25) is 4.21 Å². The van der Waals surface area contributed by atoms with E-state index in [2.05, 4.69) is 0 Å². The lowest BCUT2D eigenvalue weighted by Gasteiger charge is -2.04. The fraction of sp³-hybridized carbons (Fsp3) is 1.00. The fourth-order valence-electron chi connectivity index (χ4n) is 1.01. The molecular weight excluding hydrogens is 186 g/mol. The van der Waals surface area contributed by atoms with Gasteiger partial charge in [0.15, 0.2) is 0 Å². The first-order valence-electron chi connectivity index (χ1n) is 4.76. The van der Waals surface area contributed by atoms with Crippen LogP contribution in [0, 0.1) is 0 Å². The minimum atomic E-state index is -0.700. The van der Waals surface area contributed by atoms with Gasteiger partial charge in [0.1, 0.15) is 0 Å². The van der Waals surface area contributed by atoms with Crippen LogP contribution < -0.4 is 5.73 Å². The first-order chi connectivity index (χ1) is 6.16. The lowest BCUT2D eigenvalue weighted by Crippen LogP contribution is -2.15. The van der Waals surface area contributed by atoms with Crippen molar-refractivity contribution < 1.29 is 8.95 Å². The van der Waals surface area contributed by atoms with Crippen molar-refractivity contribution in [2.75, 3.05) is 25.2 Å². The Labute approximate surface area is 83.5 Å². The zero-order valence-electron chi connectivity index (χ0n) is 8.62. The summed E-state index contributed by atoms with van der Waals surface area (Å²) < 4.78 is 16.1. The summed E-state index contributed by atoms with van der Waals surface area (Å²) in [6.45, 7) is 2.60. The molecule has 0 radical (unpaired) electrons. The van der Waals surface area contributed by atoms with E-state index >= 15 is 0 Å². The Balaban J connectivity index is 3.17. The zero-order valence-corrected chi connectivity index (χ0v) is 9.44. The number of hydrogen-bond donors (Lipinski definition) is 1. The lowest BCUT2D eigenvalue weighted by atomic mass is 10.2. The summed E-state index contributed by atoms with van der Waals surface area (Å²) in [7, 11) is 0.932. The normalized spacial score (nSPS) is 15.6. The molecule has 2 atom stereocenters. The van der Waals surface area contributed by atoms with Gasteiger partial charge in [0.2, 0.25) is 0 Å². The monoisotopic (exact) mass is 207 g/mol. The second-order valence-electron chi connectivity index (χ2n) is 3.31. The lowest BCUT2D eigenvalue weighted by molar-refractivity contribution is 0.218. The Morgan fingerprint density at radius 2 is 2.08 bits per heavy atom. The molecule has 0 amide bonds. The summed E-state index contributed by atoms with van der Waals surface area (Å²) in [5, 5.41) is 0. The van der Waals surface area contributed by atoms with Crippen molar-refractivity contribution >= 4 is 10.8 Å². The van der Waals surface area contributed by atoms with Crippen molar-refractivity contribution in [3.05, 3.63) is 0 Å². The minimum Gasteiger partial charge on any atom is -0.384 e. The van der Waals surface area contributed by atoms with E-state index < -0.39 is 10.8 Å². The van der Waals surface area contributed by atoms with Crippen LogP contribution in [0.1, 0.15) is 26.2 Å². The van der Waals surface area contributed by atoms with E-state index in [4.69, 9.17) is 10.5 Å². The standard InChI is InChI=1S/C9H21NO2S/c1-9(10)5-3-4-7-13(11)8-6-12-2/h9H,3-8,10H2,1-2H3. The molecule has 0 rings (SSSR count). The van der Waals surface area contributed by atoms with Crippen LogP contribution in [-0.4, -0.2) is 35.5 Å². The number of rotatable bonds is 8. The van der Waals surface area contributed by atoms with Crippen molar-refractivity contribution in [2.24, 2.45) is 5.73 Å². The largest absolute Gasteiger partial charge is 0.384 e. The van der Waals surface area contributed by atoms with Gasteiger partial charge >= 0.3 is 0 Å². The molecule has 80 valence electrons. The van der Waals surface area contributed by atoms with E-state index in [9.17, 15) is 4.21 Å². The molecule has 2 N–H and O–H groups in total. The molecule has 0 aromatic rings. The molecule has 0 heterocycles. The Morgan fingerprint density at radius 3 is 2.62 bits per heavy atom. The van der Waals surface area contributed by atoms with Gasteiger partial charge in [0.05, 0.1) is 6.61 Å². The number of ether oxygens (including phenoxy) is 1. The molecule has 4 heteroatoms. The molecule has 0 aliphatic carbocycles. The SMILES string of the molecule is COCCS(=O)CCCCC(C)N. The van der Waals surface area contributed by atoms with Gasteiger partial charge in [-0.05, 0) is 19.8 Å². The number of hydrogen-bond acceptors (Lipinski definition) is 3. The van der Waals surface area contributed by atoms with Crippen LogP contribution in [0.5, 0.6) is 0 Å². The van der Waals surface area contributed by atoms with E-state index in [1.165, 1.54) is 0 Å². The summed E-state index contributed by atoms with van der Waals surface area (Å²) in [6, 6.07) is 0.271. The van der Waals surface area contributed by atoms with Gasteiger partial charge in [0, 0.05) is 35.5 Å². The number of nitrogens with two attached hydrogens (primary N) is 1. The highest BCUT2D eigenvalue weighted by molar-refractivity contribution is 7.84. The molecule has 0 aliphatic heterocycles. The molecule has 0 saturated heterocycles. The summed E-state index contributed by atoms with van der Waals surface area (Å²) in [6.07, 6.45) is 3.12. The van der Waals surface area contributed by atoms with Crippen LogP contribution >= 0.6 is 0 Å². The van der Waals surface area contributed by atoms with Crippen molar-refractivity contribution in [1.82, 2.24) is 0 Å². The predicted molar refractivity (Wildman–Crippen MR) is 57.3 cm³/mol. The quantitative estimate of drug-likeness (QED) is 0.602. The predicted octanol–water partition coefficient (Wildman–Crippen LogP) is 0.899. The van der Waals surface area contributed by atoms with Crippen LogP contribution in [0.4, 0.5) is 0 Å². The maximum atomic E-state index is 11.2. The fourth-order valence-corrected chi connectivity index (χ4v) is 2.09. The molecule has 0 fully saturated rings. The highest BCUT2D eigenvalue weighted by Gasteiger charge is 2.00. The maximum Gasteiger partial charge on any atom is 0.0577 e. The van der Waals surface area contributed by atoms with Gasteiger partial charge in [-0.25, -0.2) is 0 Å². The second-order valence-corrected chi connectivity index (χ2v) is 5.01. The van der Waals surface area contributed by atoms with Crippen molar-refractivity contribution in [1.29, 1.82) is 0 Å². The molecule has 0 spiro atoms. The van der Waals surface area contributed by atoms with Crippen molar-refractivity contribution in [3.8, 4) is 0 Å². The zero-order chi connectivity index (χ0) is 10.1. The third kappa shape index (κ3) is 9.99. The molecule has 2 unspecified atom stereocenters. The van der Waals surface area contributed by atoms with E-state index in [1.54, 1.807) is 7.11 Å². The van der Waals surface area contributed by atoms with Crippen molar-refractivity contribution in [3.63, 3.8) is 0 Å². The van der Waals surface area contributed by atoms with E-state index in [-0.39, 0.29) is 6.04 Å². The molecular formula is C9H21NO2S. The Hall–Kier alpha value is 0.0700. The van der Waals surface area contributed by atoms with Crippen LogP contribution in [0.25, 0.3) is 0 Å². The van der Waals surface area contributed by atoms with E-state index in [0.29, 0.717) is 12.4 Å². The molecule has 0 aromatic carbocycles. The summed E-state index contributed by atoms with van der Waals surface area (Å²) in [5.41, 5.74) is 5.59. The molecule has 0 saturated carbocycles. The van der Waals surface area contributed by atoms with Gasteiger partial charge in [-0.15, -0.1) is 0 Å². The number of unbranched alkanes of at least 4 members (excludes halogenated alkanes) is 1. The molecule has 3 nitrogen and oxygen atoms in total. The first-order valence-corrected chi connectivity index (χ1v) is 6.25. The Bertz CT molecular complexity index is 140. The maximum absolute atomic E-state index is 11.2. The van der Waals surface area contributed by atoms with Crippen LogP contribution in [0.15, 0.2) is 0 Å². The molecule has 0 bridgehead atoms. The van der Waals surface area contributed by atoms with Gasteiger partial charge in [0.25, 0.3) is 0 Å². The molecule has 0 aromatic heterocycles. The highest BCUT2D eigenvalue weighted by Crippen LogP contribution is 2.00. The average Bonchev–Trinajstić information content (AvgIpc) is 2.08. The van der Waals surface area contributed by atoms with Crippen LogP contribution in [0.2, 0.25) is 0 Å². The highest BCUT2D eigenvalue weighted by atomic mass is 32.2. The molecule has 0 aliphatic rings. The second kappa shape index (κ2) is 8.66. The van der Waals surface area contributed by atoms with Crippen molar-refractivity contribution in [2.45, 2.75) is 32.2 Å². The minimum absolute atomic E-state index is 0.271. The third-order valence-corrected chi connectivity index (χ3v) is 3.16. The third-order valence-electron chi connectivity index (χ3n) is 1.80. The average molecular weight is 207 g/mol. The summed E-state index contributed by atoms with van der Waals surface area (Å²) in [5.74, 6) is 1.45. The van der Waals surface area contributed by atoms with E-state index in [0.717, 1.165) is 25.0 Å². The summed E-state index contributed by atoms with van der Waals surface area (Å²) >= 11 is 0. The van der Waals surface area contributed by atoms with Gasteiger partial charge in [-0.1, -0.05) is 6.42 Å². The molecule has 13 heavy (non-hydrogen) atoms. The van der Waals surface area contributed by atoms with Gasteiger partial charge < -0.3 is 10.5 Å². The summed E-state index contributed by atoms with van der Waals surface area (Å²) in [4.78, 5) is 0. The number of methoxy groups -OCH3 is 1. The first kappa shape index (κ1) is 13.1. The topological polar surface area (TPSA) is 52.3 Å². The smallest absolute Gasteiger partial charge is 0.0577 e. The Morgan fingerprint density at radius 1 is 1.38 bits per heavy atom. The van der Waals surface area contributed by atoms with Crippen LogP contribution in [-0.2, 0) is 15.5 Å². The van der Waals surface area contributed by atoms with E-state index in [1.807, 2.05) is 6.92 Å². The Kier molecular flexibility index (Phi) is 8.71. The van der Waals surface area contributed by atoms with Gasteiger partial charge in [-0.2, -0.15) is 0 Å². The van der Waals surface area contributed by atoms with Crippen LogP contribution in [0.3, 0.4) is 0 Å².